The van der Waals surface area contributed by atoms with Crippen LogP contribution in [0.25, 0.3) is 0 Å². The van der Waals surface area contributed by atoms with Crippen LogP contribution in [0.4, 0.5) is 10.5 Å². The first-order valence-corrected chi connectivity index (χ1v) is 9.17. The van der Waals surface area contributed by atoms with Crippen LogP contribution in [0.5, 0.6) is 0 Å². The van der Waals surface area contributed by atoms with Crippen molar-refractivity contribution < 1.29 is 9.53 Å². The summed E-state index contributed by atoms with van der Waals surface area (Å²) in [6.45, 7) is 5.35. The number of nitrogens with zero attached hydrogens (tertiary/aromatic N) is 1. The molecule has 1 heterocycles. The molecule has 0 saturated carbocycles. The Hall–Kier alpha value is -1.81. The van der Waals surface area contributed by atoms with Crippen molar-refractivity contribution in [2.24, 2.45) is 0 Å². The number of hydrogen-bond acceptors (Lipinski definition) is 2. The van der Waals surface area contributed by atoms with E-state index in [1.165, 1.54) is 5.56 Å². The average molecular weight is 388 g/mol. The summed E-state index contributed by atoms with van der Waals surface area (Å²) < 4.78 is 6.60. The molecule has 126 valence electrons. The molecule has 0 aromatic heterocycles. The van der Waals surface area contributed by atoms with Crippen molar-refractivity contribution in [3.63, 3.8) is 0 Å². The SMILES string of the molecule is CCC1(CC)CN(C(=O)OCc2ccccc2)c2ccc(Br)cc21. The van der Waals surface area contributed by atoms with Gasteiger partial charge in [-0.3, -0.25) is 4.90 Å². The molecule has 0 N–H and O–H groups in total. The fourth-order valence-corrected chi connectivity index (χ4v) is 3.82. The molecule has 4 heteroatoms. The number of ether oxygens (including phenoxy) is 1. The third-order valence-electron chi connectivity index (χ3n) is 5.06. The van der Waals surface area contributed by atoms with E-state index in [-0.39, 0.29) is 11.5 Å². The second-order valence-corrected chi connectivity index (χ2v) is 7.19. The fourth-order valence-electron chi connectivity index (χ4n) is 3.46. The third kappa shape index (κ3) is 3.07. The maximum Gasteiger partial charge on any atom is 0.414 e. The minimum absolute atomic E-state index is 0.00484. The van der Waals surface area contributed by atoms with Gasteiger partial charge in [-0.1, -0.05) is 60.1 Å². The van der Waals surface area contributed by atoms with E-state index in [2.05, 4.69) is 35.8 Å². The molecule has 0 aliphatic carbocycles. The highest BCUT2D eigenvalue weighted by Gasteiger charge is 2.43. The molecule has 3 rings (SSSR count). The van der Waals surface area contributed by atoms with E-state index < -0.39 is 0 Å². The first-order chi connectivity index (χ1) is 11.6. The zero-order valence-electron chi connectivity index (χ0n) is 14.1. The van der Waals surface area contributed by atoms with E-state index in [0.29, 0.717) is 13.2 Å². The van der Waals surface area contributed by atoms with E-state index in [0.717, 1.165) is 28.6 Å². The summed E-state index contributed by atoms with van der Waals surface area (Å²) >= 11 is 3.56. The maximum atomic E-state index is 12.7. The van der Waals surface area contributed by atoms with Gasteiger partial charge in [-0.2, -0.15) is 0 Å². The Labute approximate surface area is 151 Å². The number of halogens is 1. The fraction of sp³-hybridized carbons (Fsp3) is 0.350. The molecule has 0 bridgehead atoms. The van der Waals surface area contributed by atoms with Crippen molar-refractivity contribution >= 4 is 27.7 Å². The van der Waals surface area contributed by atoms with Gasteiger partial charge < -0.3 is 4.74 Å². The lowest BCUT2D eigenvalue weighted by Crippen LogP contribution is -2.36. The summed E-state index contributed by atoms with van der Waals surface area (Å²) in [4.78, 5) is 14.5. The van der Waals surface area contributed by atoms with Crippen LogP contribution < -0.4 is 4.90 Å². The number of fused-ring (bicyclic) bond motifs is 1. The monoisotopic (exact) mass is 387 g/mol. The normalized spacial score (nSPS) is 15.2. The van der Waals surface area contributed by atoms with Crippen LogP contribution in [0.3, 0.4) is 0 Å². The van der Waals surface area contributed by atoms with Crippen LogP contribution in [0.1, 0.15) is 37.8 Å². The van der Waals surface area contributed by atoms with Gasteiger partial charge in [0.15, 0.2) is 0 Å². The number of benzene rings is 2. The number of rotatable bonds is 4. The molecular weight excluding hydrogens is 366 g/mol. The summed E-state index contributed by atoms with van der Waals surface area (Å²) in [5.74, 6) is 0. The summed E-state index contributed by atoms with van der Waals surface area (Å²) in [5, 5.41) is 0. The lowest BCUT2D eigenvalue weighted by atomic mass is 9.78. The second-order valence-electron chi connectivity index (χ2n) is 6.28. The van der Waals surface area contributed by atoms with Gasteiger partial charge in [0.25, 0.3) is 0 Å². The Morgan fingerprint density at radius 3 is 2.54 bits per heavy atom. The topological polar surface area (TPSA) is 29.5 Å². The molecule has 0 radical (unpaired) electrons. The molecule has 0 saturated heterocycles. The van der Waals surface area contributed by atoms with Crippen molar-refractivity contribution in [3.05, 3.63) is 64.1 Å². The van der Waals surface area contributed by atoms with E-state index in [9.17, 15) is 4.79 Å². The van der Waals surface area contributed by atoms with E-state index in [1.54, 1.807) is 4.90 Å². The molecule has 2 aromatic rings. The summed E-state index contributed by atoms with van der Waals surface area (Å²) in [6, 6.07) is 15.9. The predicted octanol–water partition coefficient (Wildman–Crippen LogP) is 5.66. The largest absolute Gasteiger partial charge is 0.444 e. The summed E-state index contributed by atoms with van der Waals surface area (Å²) in [5.41, 5.74) is 3.21. The van der Waals surface area contributed by atoms with Crippen LogP contribution >= 0.6 is 15.9 Å². The Morgan fingerprint density at radius 1 is 1.17 bits per heavy atom. The number of anilines is 1. The molecule has 3 nitrogen and oxygen atoms in total. The Kier molecular flexibility index (Phi) is 4.95. The van der Waals surface area contributed by atoms with Crippen molar-refractivity contribution in [1.82, 2.24) is 0 Å². The van der Waals surface area contributed by atoms with E-state index in [4.69, 9.17) is 4.74 Å². The zero-order chi connectivity index (χ0) is 17.2. The molecule has 1 aliphatic heterocycles. The lowest BCUT2D eigenvalue weighted by molar-refractivity contribution is 0.146. The van der Waals surface area contributed by atoms with Crippen molar-refractivity contribution in [2.75, 3.05) is 11.4 Å². The van der Waals surface area contributed by atoms with Gasteiger partial charge in [0.1, 0.15) is 6.61 Å². The minimum atomic E-state index is -0.272. The number of carbonyl (C=O) groups excluding carboxylic acids is 1. The number of amides is 1. The third-order valence-corrected chi connectivity index (χ3v) is 5.55. The molecule has 0 atom stereocenters. The van der Waals surface area contributed by atoms with Crippen LogP contribution in [0, 0.1) is 0 Å². The molecule has 2 aromatic carbocycles. The first kappa shape index (κ1) is 17.0. The van der Waals surface area contributed by atoms with Gasteiger partial charge in [0.05, 0.1) is 5.69 Å². The quantitative estimate of drug-likeness (QED) is 0.676. The van der Waals surface area contributed by atoms with Gasteiger partial charge in [0, 0.05) is 16.4 Å². The molecule has 0 unspecified atom stereocenters. The van der Waals surface area contributed by atoms with Gasteiger partial charge in [0.2, 0.25) is 0 Å². The average Bonchev–Trinajstić information content (AvgIpc) is 2.95. The highest BCUT2D eigenvalue weighted by Crippen LogP contribution is 2.46. The highest BCUT2D eigenvalue weighted by molar-refractivity contribution is 9.10. The molecule has 1 amide bonds. The first-order valence-electron chi connectivity index (χ1n) is 8.38. The minimum Gasteiger partial charge on any atom is -0.444 e. The van der Waals surface area contributed by atoms with Crippen molar-refractivity contribution in [1.29, 1.82) is 0 Å². The van der Waals surface area contributed by atoms with Crippen LogP contribution in [0.15, 0.2) is 53.0 Å². The molecular formula is C20H22BrNO2. The van der Waals surface area contributed by atoms with Crippen LogP contribution in [-0.4, -0.2) is 12.6 Å². The van der Waals surface area contributed by atoms with Crippen LogP contribution in [0.2, 0.25) is 0 Å². The Balaban J connectivity index is 1.83. The lowest BCUT2D eigenvalue weighted by Gasteiger charge is -2.27. The summed E-state index contributed by atoms with van der Waals surface area (Å²) in [6.07, 6.45) is 1.72. The molecule has 1 aliphatic rings. The van der Waals surface area contributed by atoms with Gasteiger partial charge >= 0.3 is 6.09 Å². The van der Waals surface area contributed by atoms with Crippen molar-refractivity contribution in [3.8, 4) is 0 Å². The molecule has 0 spiro atoms. The van der Waals surface area contributed by atoms with Gasteiger partial charge in [-0.15, -0.1) is 0 Å². The van der Waals surface area contributed by atoms with E-state index in [1.807, 2.05) is 42.5 Å². The number of carbonyl (C=O) groups is 1. The maximum absolute atomic E-state index is 12.7. The predicted molar refractivity (Wildman–Crippen MR) is 100 cm³/mol. The summed E-state index contributed by atoms with van der Waals surface area (Å²) in [7, 11) is 0. The van der Waals surface area contributed by atoms with Crippen molar-refractivity contribution in [2.45, 2.75) is 38.7 Å². The molecule has 24 heavy (non-hydrogen) atoms. The standard InChI is InChI=1S/C20H22BrNO2/c1-3-20(4-2)14-22(18-11-10-16(21)12-17(18)20)19(23)24-13-15-8-6-5-7-9-15/h5-12H,3-4,13-14H2,1-2H3. The number of hydrogen-bond donors (Lipinski definition) is 0. The van der Waals surface area contributed by atoms with Crippen LogP contribution in [-0.2, 0) is 16.8 Å². The zero-order valence-corrected chi connectivity index (χ0v) is 15.7. The Morgan fingerprint density at radius 2 is 1.88 bits per heavy atom. The smallest absolute Gasteiger partial charge is 0.414 e. The van der Waals surface area contributed by atoms with Gasteiger partial charge in [-0.05, 0) is 42.2 Å². The Bertz CT molecular complexity index is 726. The molecule has 0 fully saturated rings. The second kappa shape index (κ2) is 6.98. The highest BCUT2D eigenvalue weighted by atomic mass is 79.9. The van der Waals surface area contributed by atoms with E-state index >= 15 is 0 Å². The van der Waals surface area contributed by atoms with Gasteiger partial charge in [-0.25, -0.2) is 4.79 Å².